The van der Waals surface area contributed by atoms with Gasteiger partial charge in [0, 0.05) is 31.6 Å². The van der Waals surface area contributed by atoms with Crippen LogP contribution in [0.25, 0.3) is 16.7 Å². The van der Waals surface area contributed by atoms with E-state index in [0.29, 0.717) is 22.3 Å². The molecule has 4 nitrogen and oxygen atoms in total. The minimum Gasteiger partial charge on any atom is -0.293 e. The highest BCUT2D eigenvalue weighted by Crippen LogP contribution is 2.27. The minimum atomic E-state index is -0.328. The molecule has 0 bridgehead atoms. The molecule has 0 aliphatic carbocycles. The Morgan fingerprint density at radius 1 is 1.40 bits per heavy atom. The number of alkyl halides is 1. The van der Waals surface area contributed by atoms with Crippen LogP contribution in [0.15, 0.2) is 29.0 Å². The summed E-state index contributed by atoms with van der Waals surface area (Å²) in [6, 6.07) is 3.15. The lowest BCUT2D eigenvalue weighted by Crippen LogP contribution is -2.01. The Kier molecular flexibility index (Phi) is 3.52. The number of halogens is 3. The van der Waals surface area contributed by atoms with Crippen molar-refractivity contribution >= 4 is 38.6 Å². The van der Waals surface area contributed by atoms with Crippen LogP contribution in [0.2, 0.25) is 0 Å². The fraction of sp³-hybridized carbons (Fsp3) is 0.231. The van der Waals surface area contributed by atoms with E-state index >= 15 is 0 Å². The van der Waals surface area contributed by atoms with Gasteiger partial charge in [0.05, 0.1) is 27.4 Å². The molecule has 0 saturated heterocycles. The number of fused-ring (bicyclic) bond motifs is 1. The van der Waals surface area contributed by atoms with Crippen LogP contribution in [-0.4, -0.2) is 25.2 Å². The van der Waals surface area contributed by atoms with Crippen LogP contribution in [0.4, 0.5) is 4.39 Å². The van der Waals surface area contributed by atoms with Crippen LogP contribution < -0.4 is 0 Å². The second-order valence-electron chi connectivity index (χ2n) is 4.43. The lowest BCUT2D eigenvalue weighted by atomic mass is 10.3. The lowest BCUT2D eigenvalue weighted by molar-refractivity contribution is 0.623. The molecule has 0 aliphatic rings. The first-order chi connectivity index (χ1) is 9.60. The van der Waals surface area contributed by atoms with Gasteiger partial charge in [-0.15, -0.1) is 11.6 Å². The van der Waals surface area contributed by atoms with Crippen molar-refractivity contribution in [3.8, 4) is 5.69 Å². The highest BCUT2D eigenvalue weighted by atomic mass is 79.9. The Hall–Kier alpha value is -1.40. The van der Waals surface area contributed by atoms with Gasteiger partial charge in [-0.05, 0) is 22.0 Å². The Labute approximate surface area is 128 Å². The van der Waals surface area contributed by atoms with E-state index < -0.39 is 0 Å². The van der Waals surface area contributed by atoms with E-state index in [1.807, 2.05) is 17.8 Å². The Bertz CT molecular complexity index is 780. The minimum absolute atomic E-state index is 0.328. The molecule has 3 rings (SSSR count). The van der Waals surface area contributed by atoms with Gasteiger partial charge in [-0.2, -0.15) is 5.10 Å². The molecule has 0 atom stereocenters. The summed E-state index contributed by atoms with van der Waals surface area (Å²) in [7, 11) is 1.85. The standard InChI is InChI=1S/C13H11BrClFN4/c1-19-7-8(6-17-19)20-12-4-9(14)10(16)5-11(12)18-13(20)2-3-15/h4-7H,2-3H2,1H3. The van der Waals surface area contributed by atoms with E-state index in [1.165, 1.54) is 6.07 Å². The van der Waals surface area contributed by atoms with Crippen molar-refractivity contribution in [3.63, 3.8) is 0 Å². The molecule has 0 fully saturated rings. The van der Waals surface area contributed by atoms with E-state index in [-0.39, 0.29) is 5.82 Å². The van der Waals surface area contributed by atoms with Gasteiger partial charge in [0.25, 0.3) is 0 Å². The lowest BCUT2D eigenvalue weighted by Gasteiger charge is -2.05. The predicted octanol–water partition coefficient (Wildman–Crippen LogP) is 3.44. The molecule has 0 amide bonds. The molecule has 0 N–H and O–H groups in total. The van der Waals surface area contributed by atoms with Crippen LogP contribution in [-0.2, 0) is 13.5 Å². The van der Waals surface area contributed by atoms with Gasteiger partial charge < -0.3 is 0 Å². The molecule has 2 aromatic heterocycles. The molecule has 0 radical (unpaired) electrons. The predicted molar refractivity (Wildman–Crippen MR) is 79.9 cm³/mol. The zero-order valence-corrected chi connectivity index (χ0v) is 13.0. The number of aryl methyl sites for hydroxylation is 2. The van der Waals surface area contributed by atoms with E-state index in [0.717, 1.165) is 17.0 Å². The van der Waals surface area contributed by atoms with Crippen LogP contribution in [0.1, 0.15) is 5.82 Å². The average Bonchev–Trinajstić information content (AvgIpc) is 2.94. The van der Waals surface area contributed by atoms with Crippen molar-refractivity contribution in [3.05, 3.63) is 40.6 Å². The van der Waals surface area contributed by atoms with E-state index in [4.69, 9.17) is 11.6 Å². The molecule has 0 unspecified atom stereocenters. The SMILES string of the molecule is Cn1cc(-n2c(CCCl)nc3cc(F)c(Br)cc32)cn1. The molecule has 2 heterocycles. The van der Waals surface area contributed by atoms with Crippen LogP contribution in [0, 0.1) is 5.82 Å². The number of benzene rings is 1. The number of imidazole rings is 1. The fourth-order valence-corrected chi connectivity index (χ4v) is 2.69. The number of hydrogen-bond donors (Lipinski definition) is 0. The van der Waals surface area contributed by atoms with E-state index in [1.54, 1.807) is 16.9 Å². The zero-order valence-electron chi connectivity index (χ0n) is 10.6. The van der Waals surface area contributed by atoms with Gasteiger partial charge in [-0.1, -0.05) is 0 Å². The monoisotopic (exact) mass is 356 g/mol. The van der Waals surface area contributed by atoms with Gasteiger partial charge in [0.15, 0.2) is 0 Å². The normalized spacial score (nSPS) is 11.4. The smallest absolute Gasteiger partial charge is 0.139 e. The Balaban J connectivity index is 2.31. The van der Waals surface area contributed by atoms with Crippen molar-refractivity contribution in [1.82, 2.24) is 19.3 Å². The summed E-state index contributed by atoms with van der Waals surface area (Å²) in [5, 5.41) is 4.17. The third-order valence-corrected chi connectivity index (χ3v) is 3.83. The van der Waals surface area contributed by atoms with Crippen molar-refractivity contribution in [1.29, 1.82) is 0 Å². The molecule has 3 aromatic rings. The quantitative estimate of drug-likeness (QED) is 0.673. The molecule has 20 heavy (non-hydrogen) atoms. The second kappa shape index (κ2) is 5.18. The first kappa shape index (κ1) is 13.6. The zero-order chi connectivity index (χ0) is 14.3. The third kappa shape index (κ3) is 2.23. The number of hydrogen-bond acceptors (Lipinski definition) is 2. The first-order valence-corrected chi connectivity index (χ1v) is 7.34. The van der Waals surface area contributed by atoms with Crippen molar-refractivity contribution in [2.45, 2.75) is 6.42 Å². The average molecular weight is 358 g/mol. The molecule has 0 aliphatic heterocycles. The highest BCUT2D eigenvalue weighted by Gasteiger charge is 2.15. The molecule has 0 saturated carbocycles. The molecular formula is C13H11BrClFN4. The van der Waals surface area contributed by atoms with Gasteiger partial charge >= 0.3 is 0 Å². The van der Waals surface area contributed by atoms with Crippen LogP contribution >= 0.6 is 27.5 Å². The number of aromatic nitrogens is 4. The molecule has 7 heteroatoms. The summed E-state index contributed by atoms with van der Waals surface area (Å²) in [4.78, 5) is 4.47. The van der Waals surface area contributed by atoms with Crippen molar-refractivity contribution in [2.24, 2.45) is 7.05 Å². The molecule has 104 valence electrons. The van der Waals surface area contributed by atoms with Crippen molar-refractivity contribution in [2.75, 3.05) is 5.88 Å². The van der Waals surface area contributed by atoms with Gasteiger partial charge in [-0.25, -0.2) is 9.37 Å². The summed E-state index contributed by atoms with van der Waals surface area (Å²) >= 11 is 9.05. The molecule has 1 aromatic carbocycles. The third-order valence-electron chi connectivity index (χ3n) is 3.03. The Morgan fingerprint density at radius 2 is 2.20 bits per heavy atom. The fourth-order valence-electron chi connectivity index (χ4n) is 2.19. The topological polar surface area (TPSA) is 35.6 Å². The number of nitrogens with zero attached hydrogens (tertiary/aromatic N) is 4. The maximum absolute atomic E-state index is 13.6. The highest BCUT2D eigenvalue weighted by molar-refractivity contribution is 9.10. The summed E-state index contributed by atoms with van der Waals surface area (Å²) in [5.74, 6) is 0.916. The van der Waals surface area contributed by atoms with Gasteiger partial charge in [0.2, 0.25) is 0 Å². The largest absolute Gasteiger partial charge is 0.293 e. The van der Waals surface area contributed by atoms with Crippen LogP contribution in [0.3, 0.4) is 0 Å². The number of rotatable bonds is 3. The maximum Gasteiger partial charge on any atom is 0.139 e. The second-order valence-corrected chi connectivity index (χ2v) is 5.66. The van der Waals surface area contributed by atoms with Gasteiger partial charge in [0.1, 0.15) is 11.6 Å². The van der Waals surface area contributed by atoms with E-state index in [2.05, 4.69) is 26.0 Å². The summed E-state index contributed by atoms with van der Waals surface area (Å²) in [6.45, 7) is 0. The Morgan fingerprint density at radius 3 is 2.85 bits per heavy atom. The van der Waals surface area contributed by atoms with E-state index in [9.17, 15) is 4.39 Å². The van der Waals surface area contributed by atoms with Crippen molar-refractivity contribution < 1.29 is 4.39 Å². The summed E-state index contributed by atoms with van der Waals surface area (Å²) in [5.41, 5.74) is 2.31. The summed E-state index contributed by atoms with van der Waals surface area (Å²) < 4.78 is 17.7. The molecular weight excluding hydrogens is 347 g/mol. The van der Waals surface area contributed by atoms with Crippen LogP contribution in [0.5, 0.6) is 0 Å². The summed E-state index contributed by atoms with van der Waals surface area (Å²) in [6.07, 6.45) is 4.23. The molecule has 0 spiro atoms. The maximum atomic E-state index is 13.6. The first-order valence-electron chi connectivity index (χ1n) is 6.01. The van der Waals surface area contributed by atoms with Gasteiger partial charge in [-0.3, -0.25) is 9.25 Å².